The first-order valence-corrected chi connectivity index (χ1v) is 8.54. The van der Waals surface area contributed by atoms with Crippen molar-refractivity contribution in [2.45, 2.75) is 19.3 Å². The van der Waals surface area contributed by atoms with E-state index in [0.29, 0.717) is 11.3 Å². The SMILES string of the molecule is CCOC(=O)C1=C(/C=C/c2ccccn2)NC(=O)CC1c1ccccc1. The molecule has 132 valence electrons. The number of carbonyl (C=O) groups excluding carboxylic acids is 2. The summed E-state index contributed by atoms with van der Waals surface area (Å²) in [5.41, 5.74) is 2.57. The zero-order valence-corrected chi connectivity index (χ0v) is 14.5. The minimum atomic E-state index is -0.415. The molecule has 1 aromatic carbocycles. The smallest absolute Gasteiger partial charge is 0.336 e. The number of aromatic nitrogens is 1. The lowest BCUT2D eigenvalue weighted by molar-refractivity contribution is -0.139. The molecule has 1 amide bonds. The van der Waals surface area contributed by atoms with Gasteiger partial charge in [0, 0.05) is 18.5 Å². The number of rotatable bonds is 5. The van der Waals surface area contributed by atoms with E-state index in [9.17, 15) is 9.59 Å². The van der Waals surface area contributed by atoms with E-state index in [1.807, 2.05) is 48.5 Å². The number of allylic oxidation sites excluding steroid dienone is 1. The highest BCUT2D eigenvalue weighted by Crippen LogP contribution is 2.34. The minimum Gasteiger partial charge on any atom is -0.463 e. The Morgan fingerprint density at radius 3 is 2.65 bits per heavy atom. The molecule has 1 unspecified atom stereocenters. The lowest BCUT2D eigenvalue weighted by Crippen LogP contribution is -2.34. The molecule has 3 rings (SSSR count). The fourth-order valence-corrected chi connectivity index (χ4v) is 2.95. The number of ether oxygens (including phenoxy) is 1. The predicted molar refractivity (Wildman–Crippen MR) is 98.9 cm³/mol. The summed E-state index contributed by atoms with van der Waals surface area (Å²) >= 11 is 0. The van der Waals surface area contributed by atoms with Gasteiger partial charge in [0.2, 0.25) is 5.91 Å². The topological polar surface area (TPSA) is 68.3 Å². The van der Waals surface area contributed by atoms with E-state index in [-0.39, 0.29) is 24.9 Å². The molecule has 1 aliphatic heterocycles. The van der Waals surface area contributed by atoms with Crippen LogP contribution in [-0.2, 0) is 14.3 Å². The second-order valence-corrected chi connectivity index (χ2v) is 5.85. The van der Waals surface area contributed by atoms with Crippen molar-refractivity contribution >= 4 is 18.0 Å². The molecule has 0 spiro atoms. The van der Waals surface area contributed by atoms with E-state index >= 15 is 0 Å². The van der Waals surface area contributed by atoms with Crippen molar-refractivity contribution in [3.05, 3.63) is 83.3 Å². The van der Waals surface area contributed by atoms with Crippen molar-refractivity contribution < 1.29 is 14.3 Å². The molecule has 2 heterocycles. The van der Waals surface area contributed by atoms with Gasteiger partial charge in [0.05, 0.1) is 23.6 Å². The van der Waals surface area contributed by atoms with Crippen LogP contribution in [0.4, 0.5) is 0 Å². The van der Waals surface area contributed by atoms with Crippen LogP contribution in [0.2, 0.25) is 0 Å². The Hall–Kier alpha value is -3.21. The quantitative estimate of drug-likeness (QED) is 0.843. The van der Waals surface area contributed by atoms with Crippen LogP contribution >= 0.6 is 0 Å². The monoisotopic (exact) mass is 348 g/mol. The first-order chi connectivity index (χ1) is 12.7. The summed E-state index contributed by atoms with van der Waals surface area (Å²) in [5.74, 6) is -0.887. The van der Waals surface area contributed by atoms with Crippen molar-refractivity contribution in [3.8, 4) is 0 Å². The van der Waals surface area contributed by atoms with Crippen molar-refractivity contribution in [2.24, 2.45) is 0 Å². The molecule has 5 heteroatoms. The first kappa shape index (κ1) is 17.6. The molecular weight excluding hydrogens is 328 g/mol. The molecule has 1 N–H and O–H groups in total. The van der Waals surface area contributed by atoms with Crippen LogP contribution in [0.3, 0.4) is 0 Å². The Morgan fingerprint density at radius 2 is 1.96 bits per heavy atom. The van der Waals surface area contributed by atoms with Gasteiger partial charge < -0.3 is 10.1 Å². The molecule has 0 saturated heterocycles. The van der Waals surface area contributed by atoms with E-state index in [1.54, 1.807) is 25.3 Å². The largest absolute Gasteiger partial charge is 0.463 e. The molecule has 1 aromatic heterocycles. The standard InChI is InChI=1S/C21H20N2O3/c1-2-26-21(25)20-17(15-8-4-3-5-9-15)14-19(24)23-18(20)12-11-16-10-6-7-13-22-16/h3-13,17H,2,14H2,1H3,(H,23,24)/b12-11+. The number of benzene rings is 1. The summed E-state index contributed by atoms with van der Waals surface area (Å²) in [6.45, 7) is 2.04. The van der Waals surface area contributed by atoms with Crippen LogP contribution in [0.25, 0.3) is 6.08 Å². The summed E-state index contributed by atoms with van der Waals surface area (Å²) in [5, 5.41) is 2.80. The highest BCUT2D eigenvalue weighted by Gasteiger charge is 2.33. The molecule has 0 bridgehead atoms. The Balaban J connectivity index is 2.05. The Labute approximate surface area is 152 Å². The molecule has 1 atom stereocenters. The van der Waals surface area contributed by atoms with Crippen LogP contribution in [0.5, 0.6) is 0 Å². The zero-order valence-electron chi connectivity index (χ0n) is 14.5. The van der Waals surface area contributed by atoms with Gasteiger partial charge in [-0.15, -0.1) is 0 Å². The Kier molecular flexibility index (Phi) is 5.59. The van der Waals surface area contributed by atoms with Gasteiger partial charge in [0.15, 0.2) is 0 Å². The second kappa shape index (κ2) is 8.25. The van der Waals surface area contributed by atoms with Crippen LogP contribution in [0, 0.1) is 0 Å². The maximum atomic E-state index is 12.6. The molecule has 5 nitrogen and oxygen atoms in total. The van der Waals surface area contributed by atoms with E-state index in [0.717, 1.165) is 11.3 Å². The Morgan fingerprint density at radius 1 is 1.19 bits per heavy atom. The molecule has 0 aliphatic carbocycles. The highest BCUT2D eigenvalue weighted by atomic mass is 16.5. The summed E-state index contributed by atoms with van der Waals surface area (Å²) in [4.78, 5) is 29.1. The van der Waals surface area contributed by atoms with Gasteiger partial charge >= 0.3 is 5.97 Å². The lowest BCUT2D eigenvalue weighted by atomic mass is 9.84. The van der Waals surface area contributed by atoms with Crippen molar-refractivity contribution in [1.82, 2.24) is 10.3 Å². The average molecular weight is 348 g/mol. The maximum absolute atomic E-state index is 12.6. The van der Waals surface area contributed by atoms with Gasteiger partial charge in [-0.25, -0.2) is 4.79 Å². The lowest BCUT2D eigenvalue weighted by Gasteiger charge is -2.26. The third-order valence-corrected chi connectivity index (χ3v) is 4.11. The van der Waals surface area contributed by atoms with Crippen LogP contribution < -0.4 is 5.32 Å². The first-order valence-electron chi connectivity index (χ1n) is 8.54. The molecule has 1 aliphatic rings. The summed E-state index contributed by atoms with van der Waals surface area (Å²) in [6, 6.07) is 15.1. The highest BCUT2D eigenvalue weighted by molar-refractivity contribution is 5.97. The predicted octanol–water partition coefficient (Wildman–Crippen LogP) is 3.22. The maximum Gasteiger partial charge on any atom is 0.336 e. The molecule has 2 aromatic rings. The van der Waals surface area contributed by atoms with E-state index in [4.69, 9.17) is 4.74 Å². The number of carbonyl (C=O) groups is 2. The number of amides is 1. The third-order valence-electron chi connectivity index (χ3n) is 4.11. The Bertz CT molecular complexity index is 842. The number of pyridine rings is 1. The average Bonchev–Trinajstić information content (AvgIpc) is 2.67. The van der Waals surface area contributed by atoms with Crippen LogP contribution in [0.15, 0.2) is 72.1 Å². The van der Waals surface area contributed by atoms with Gasteiger partial charge in [-0.3, -0.25) is 9.78 Å². The number of esters is 1. The molecule has 0 saturated carbocycles. The second-order valence-electron chi connectivity index (χ2n) is 5.85. The van der Waals surface area contributed by atoms with E-state index in [1.165, 1.54) is 0 Å². The van der Waals surface area contributed by atoms with Crippen molar-refractivity contribution in [2.75, 3.05) is 6.61 Å². The van der Waals surface area contributed by atoms with Crippen molar-refractivity contribution in [1.29, 1.82) is 0 Å². The van der Waals surface area contributed by atoms with Crippen LogP contribution in [0.1, 0.15) is 30.5 Å². The summed E-state index contributed by atoms with van der Waals surface area (Å²) in [7, 11) is 0. The van der Waals surface area contributed by atoms with Gasteiger partial charge in [0.25, 0.3) is 0 Å². The fraction of sp³-hybridized carbons (Fsp3) is 0.190. The van der Waals surface area contributed by atoms with E-state index < -0.39 is 5.97 Å². The number of nitrogens with one attached hydrogen (secondary N) is 1. The van der Waals surface area contributed by atoms with Gasteiger partial charge in [-0.1, -0.05) is 36.4 Å². The molecular formula is C21H20N2O3. The van der Waals surface area contributed by atoms with Crippen LogP contribution in [-0.4, -0.2) is 23.5 Å². The third kappa shape index (κ3) is 4.06. The molecule has 0 radical (unpaired) electrons. The van der Waals surface area contributed by atoms with Gasteiger partial charge in [-0.05, 0) is 36.8 Å². The zero-order chi connectivity index (χ0) is 18.4. The fourth-order valence-electron chi connectivity index (χ4n) is 2.95. The van der Waals surface area contributed by atoms with Gasteiger partial charge in [0.1, 0.15) is 0 Å². The number of hydrogen-bond acceptors (Lipinski definition) is 4. The number of nitrogens with zero attached hydrogens (tertiary/aromatic N) is 1. The van der Waals surface area contributed by atoms with E-state index in [2.05, 4.69) is 10.3 Å². The molecule has 0 fully saturated rings. The summed E-state index contributed by atoms with van der Waals surface area (Å²) < 4.78 is 5.25. The summed E-state index contributed by atoms with van der Waals surface area (Å²) in [6.07, 6.45) is 5.37. The molecule has 26 heavy (non-hydrogen) atoms. The normalized spacial score (nSPS) is 17.3. The van der Waals surface area contributed by atoms with Gasteiger partial charge in [-0.2, -0.15) is 0 Å². The minimum absolute atomic E-state index is 0.132. The van der Waals surface area contributed by atoms with Crippen molar-refractivity contribution in [3.63, 3.8) is 0 Å². The number of hydrogen-bond donors (Lipinski definition) is 1.